The van der Waals surface area contributed by atoms with Crippen molar-refractivity contribution in [3.8, 4) is 56.2 Å². The van der Waals surface area contributed by atoms with Crippen LogP contribution >= 0.6 is 0 Å². The van der Waals surface area contributed by atoms with Crippen molar-refractivity contribution in [2.45, 2.75) is 0 Å². The molecule has 1 aliphatic heterocycles. The number of nitrogens with one attached hydrogen (secondary N) is 1. The fraction of sp³-hybridized carbons (Fsp3) is 0.0238. The summed E-state index contributed by atoms with van der Waals surface area (Å²) >= 11 is 0. The van der Waals surface area contributed by atoms with Gasteiger partial charge in [0.25, 0.3) is 0 Å². The summed E-state index contributed by atoms with van der Waals surface area (Å²) in [6, 6.07) is 46.6. The van der Waals surface area contributed by atoms with Crippen molar-refractivity contribution in [3.05, 3.63) is 151 Å². The standard InChI is InChI=1S/C42H26N4O/c1-3-10-25(11-4-1)39-44-40(26-12-5-2-6-13-26)46-41(45-39)34-20-21-43-42-38(34)33-19-18-27(24-36(33)47-42)29-22-28-14-9-17-32-30-15-7-8-16-31(30)35(23-29)37(28)32/h1-20,22-24,43H,21H2. The van der Waals surface area contributed by atoms with Crippen LogP contribution in [0.25, 0.3) is 83.5 Å². The lowest BCUT2D eigenvalue weighted by atomic mass is 9.94. The molecule has 5 heteroatoms. The van der Waals surface area contributed by atoms with Crippen LogP contribution in [0.4, 0.5) is 5.88 Å². The van der Waals surface area contributed by atoms with Gasteiger partial charge in [-0.15, -0.1) is 0 Å². The number of benzene rings is 6. The average molecular weight is 603 g/mol. The van der Waals surface area contributed by atoms with Gasteiger partial charge in [-0.2, -0.15) is 0 Å². The third kappa shape index (κ3) is 4.07. The van der Waals surface area contributed by atoms with E-state index in [4.69, 9.17) is 19.4 Å². The molecular formula is C42H26N4O. The molecule has 1 aliphatic carbocycles. The Morgan fingerprint density at radius 2 is 1.17 bits per heavy atom. The van der Waals surface area contributed by atoms with Crippen molar-refractivity contribution in [3.63, 3.8) is 0 Å². The van der Waals surface area contributed by atoms with E-state index < -0.39 is 0 Å². The first-order valence-electron chi connectivity index (χ1n) is 15.8. The number of hydrogen-bond donors (Lipinski definition) is 1. The topological polar surface area (TPSA) is 63.8 Å². The maximum Gasteiger partial charge on any atom is 0.202 e. The van der Waals surface area contributed by atoms with Crippen molar-refractivity contribution in [1.29, 1.82) is 0 Å². The van der Waals surface area contributed by atoms with Crippen LogP contribution in [0.1, 0.15) is 11.4 Å². The molecule has 0 radical (unpaired) electrons. The largest absolute Gasteiger partial charge is 0.440 e. The molecule has 220 valence electrons. The number of hydrogen-bond acceptors (Lipinski definition) is 5. The van der Waals surface area contributed by atoms with Crippen LogP contribution in [0.5, 0.6) is 0 Å². The highest BCUT2D eigenvalue weighted by molar-refractivity contribution is 6.16. The van der Waals surface area contributed by atoms with E-state index >= 15 is 0 Å². The zero-order valence-electron chi connectivity index (χ0n) is 25.2. The van der Waals surface area contributed by atoms with Crippen molar-refractivity contribution in [2.75, 3.05) is 11.9 Å². The smallest absolute Gasteiger partial charge is 0.202 e. The van der Waals surface area contributed by atoms with Gasteiger partial charge in [0.1, 0.15) is 5.58 Å². The quantitative estimate of drug-likeness (QED) is 0.217. The number of rotatable bonds is 4. The van der Waals surface area contributed by atoms with Gasteiger partial charge in [0, 0.05) is 28.6 Å². The van der Waals surface area contributed by atoms with Gasteiger partial charge in [0.2, 0.25) is 5.88 Å². The Bertz CT molecular complexity index is 2510. The third-order valence-corrected chi connectivity index (χ3v) is 9.29. The van der Waals surface area contributed by atoms with Crippen LogP contribution in [0, 0.1) is 0 Å². The molecule has 0 bridgehead atoms. The molecule has 10 rings (SSSR count). The molecule has 8 aromatic rings. The average Bonchev–Trinajstić information content (AvgIpc) is 3.68. The van der Waals surface area contributed by atoms with E-state index in [1.165, 1.54) is 38.6 Å². The van der Waals surface area contributed by atoms with E-state index in [-0.39, 0.29) is 0 Å². The summed E-state index contributed by atoms with van der Waals surface area (Å²) in [5.74, 6) is 2.63. The lowest BCUT2D eigenvalue weighted by Gasteiger charge is -2.15. The summed E-state index contributed by atoms with van der Waals surface area (Å²) in [6.07, 6.45) is 2.14. The first kappa shape index (κ1) is 25.9. The van der Waals surface area contributed by atoms with Gasteiger partial charge in [-0.05, 0) is 68.4 Å². The molecule has 0 atom stereocenters. The van der Waals surface area contributed by atoms with Gasteiger partial charge in [0.05, 0.1) is 5.56 Å². The third-order valence-electron chi connectivity index (χ3n) is 9.29. The van der Waals surface area contributed by atoms with Crippen molar-refractivity contribution >= 4 is 33.2 Å². The Kier molecular flexibility index (Phi) is 5.57. The molecule has 0 spiro atoms. The number of furan rings is 1. The monoisotopic (exact) mass is 602 g/mol. The first-order chi connectivity index (χ1) is 23.3. The first-order valence-corrected chi connectivity index (χ1v) is 15.8. The van der Waals surface area contributed by atoms with Crippen molar-refractivity contribution in [1.82, 2.24) is 15.0 Å². The zero-order chi connectivity index (χ0) is 30.9. The Labute approximate surface area is 270 Å². The summed E-state index contributed by atoms with van der Waals surface area (Å²) < 4.78 is 6.52. The molecule has 3 heterocycles. The van der Waals surface area contributed by atoms with Crippen molar-refractivity contribution < 1.29 is 4.42 Å². The molecule has 47 heavy (non-hydrogen) atoms. The van der Waals surface area contributed by atoms with Gasteiger partial charge in [-0.1, -0.05) is 115 Å². The fourth-order valence-electron chi connectivity index (χ4n) is 7.13. The SMILES string of the molecule is C1=C(c2nc(-c3ccccc3)nc(-c3ccccc3)n2)c2c(oc3cc(-c4cc5c6c(cccc6c4)-c4ccccc4-5)ccc23)NC1. The highest BCUT2D eigenvalue weighted by Gasteiger charge is 2.26. The van der Waals surface area contributed by atoms with E-state index in [0.29, 0.717) is 24.0 Å². The fourth-order valence-corrected chi connectivity index (χ4v) is 7.13. The van der Waals surface area contributed by atoms with Crippen molar-refractivity contribution in [2.24, 2.45) is 0 Å². The number of fused-ring (bicyclic) bond motifs is 6. The molecule has 6 aromatic carbocycles. The van der Waals surface area contributed by atoms with Gasteiger partial charge in [0.15, 0.2) is 17.5 Å². The summed E-state index contributed by atoms with van der Waals surface area (Å²) in [5, 5.41) is 7.04. The molecule has 5 nitrogen and oxygen atoms in total. The van der Waals surface area contributed by atoms with Crippen LogP contribution in [0.3, 0.4) is 0 Å². The Hall–Kier alpha value is -6.33. The van der Waals surface area contributed by atoms with Gasteiger partial charge in [-0.3, -0.25) is 0 Å². The van der Waals surface area contributed by atoms with E-state index in [0.717, 1.165) is 44.7 Å². The van der Waals surface area contributed by atoms with Crippen LogP contribution in [-0.2, 0) is 0 Å². The zero-order valence-corrected chi connectivity index (χ0v) is 25.2. The minimum Gasteiger partial charge on any atom is -0.440 e. The predicted molar refractivity (Wildman–Crippen MR) is 190 cm³/mol. The van der Waals surface area contributed by atoms with Gasteiger partial charge in [-0.25, -0.2) is 15.0 Å². The molecule has 0 amide bonds. The van der Waals surface area contributed by atoms with Gasteiger partial charge < -0.3 is 9.73 Å². The molecule has 0 saturated carbocycles. The lowest BCUT2D eigenvalue weighted by Crippen LogP contribution is -2.10. The lowest BCUT2D eigenvalue weighted by molar-refractivity contribution is 0.627. The van der Waals surface area contributed by atoms with Crippen LogP contribution in [-0.4, -0.2) is 21.5 Å². The highest BCUT2D eigenvalue weighted by atomic mass is 16.3. The number of aromatic nitrogens is 3. The normalized spacial score (nSPS) is 12.9. The molecule has 0 unspecified atom stereocenters. The second kappa shape index (κ2) is 10.1. The Morgan fingerprint density at radius 1 is 0.511 bits per heavy atom. The minimum absolute atomic E-state index is 0.609. The van der Waals surface area contributed by atoms with E-state index in [1.807, 2.05) is 60.7 Å². The highest BCUT2D eigenvalue weighted by Crippen LogP contribution is 2.49. The Morgan fingerprint density at radius 3 is 1.91 bits per heavy atom. The second-order valence-corrected chi connectivity index (χ2v) is 12.0. The van der Waals surface area contributed by atoms with Crippen LogP contribution in [0.2, 0.25) is 0 Å². The minimum atomic E-state index is 0.609. The van der Waals surface area contributed by atoms with E-state index in [2.05, 4.69) is 84.2 Å². The van der Waals surface area contributed by atoms with Crippen LogP contribution < -0.4 is 5.32 Å². The second-order valence-electron chi connectivity index (χ2n) is 12.0. The maximum absolute atomic E-state index is 6.52. The van der Waals surface area contributed by atoms with Crippen LogP contribution in [0.15, 0.2) is 144 Å². The number of anilines is 1. The molecule has 0 saturated heterocycles. The Balaban J connectivity index is 1.11. The summed E-state index contributed by atoms with van der Waals surface area (Å²) in [4.78, 5) is 14.9. The van der Waals surface area contributed by atoms with Gasteiger partial charge >= 0.3 is 0 Å². The molecule has 0 fully saturated rings. The number of nitrogens with zero attached hydrogens (tertiary/aromatic N) is 3. The summed E-state index contributed by atoms with van der Waals surface area (Å²) in [7, 11) is 0. The molecule has 1 N–H and O–H groups in total. The molecule has 2 aromatic heterocycles. The van der Waals surface area contributed by atoms with E-state index in [9.17, 15) is 0 Å². The molecule has 2 aliphatic rings. The predicted octanol–water partition coefficient (Wildman–Crippen LogP) is 10.3. The molecular weight excluding hydrogens is 576 g/mol. The maximum atomic E-state index is 6.52. The summed E-state index contributed by atoms with van der Waals surface area (Å²) in [5.41, 5.74) is 12.1. The van der Waals surface area contributed by atoms with E-state index in [1.54, 1.807) is 0 Å². The summed E-state index contributed by atoms with van der Waals surface area (Å²) in [6.45, 7) is 0.609.